The molecule has 1 atom stereocenters. The number of rotatable bonds is 4. The number of carbonyl (C=O) groups is 1. The summed E-state index contributed by atoms with van der Waals surface area (Å²) < 4.78 is 24.4. The van der Waals surface area contributed by atoms with Gasteiger partial charge in [0.15, 0.2) is 0 Å². The molecule has 0 unspecified atom stereocenters. The highest BCUT2D eigenvalue weighted by Crippen LogP contribution is 2.21. The minimum Gasteiger partial charge on any atom is -0.340 e. The molecule has 1 amide bonds. The number of sulfonamides is 1. The molecule has 2 aromatic rings. The Hall–Kier alpha value is -2.19. The minimum absolute atomic E-state index is 0.0372. The molecule has 1 aliphatic heterocycles. The van der Waals surface area contributed by atoms with Gasteiger partial charge in [0.1, 0.15) is 0 Å². The van der Waals surface area contributed by atoms with Gasteiger partial charge >= 0.3 is 0 Å². The van der Waals surface area contributed by atoms with Gasteiger partial charge in [0.25, 0.3) is 0 Å². The number of piperidine rings is 1. The molecule has 1 fully saturated rings. The van der Waals surface area contributed by atoms with Gasteiger partial charge in [-0.2, -0.15) is 5.10 Å². The average Bonchev–Trinajstić information content (AvgIpc) is 3.09. The van der Waals surface area contributed by atoms with E-state index in [1.165, 1.54) is 12.1 Å². The van der Waals surface area contributed by atoms with Gasteiger partial charge < -0.3 is 4.90 Å². The van der Waals surface area contributed by atoms with E-state index in [9.17, 15) is 13.2 Å². The van der Waals surface area contributed by atoms with Gasteiger partial charge in [-0.15, -0.1) is 0 Å². The Bertz CT molecular complexity index is 800. The normalized spacial score (nSPS) is 18.5. The molecule has 0 saturated carbocycles. The van der Waals surface area contributed by atoms with Crippen molar-refractivity contribution in [3.8, 4) is 0 Å². The maximum atomic E-state index is 12.5. The van der Waals surface area contributed by atoms with Crippen molar-refractivity contribution in [2.75, 3.05) is 13.1 Å². The number of nitrogens with two attached hydrogens (primary N) is 1. The summed E-state index contributed by atoms with van der Waals surface area (Å²) in [6, 6.07) is 8.22. The largest absolute Gasteiger partial charge is 0.340 e. The zero-order chi connectivity index (χ0) is 17.2. The third-order valence-corrected chi connectivity index (χ3v) is 5.18. The Morgan fingerprint density at radius 2 is 2.04 bits per heavy atom. The zero-order valence-corrected chi connectivity index (χ0v) is 14.0. The first kappa shape index (κ1) is 16.7. The number of primary sulfonamides is 1. The Labute approximate surface area is 141 Å². The number of carbonyl (C=O) groups excluding carboxylic acids is 1. The van der Waals surface area contributed by atoms with Gasteiger partial charge in [-0.05, 0) is 36.6 Å². The minimum atomic E-state index is -3.71. The number of hydrogen-bond acceptors (Lipinski definition) is 4. The van der Waals surface area contributed by atoms with Crippen molar-refractivity contribution in [3.05, 3.63) is 48.3 Å². The van der Waals surface area contributed by atoms with Crippen LogP contribution in [-0.4, -0.2) is 42.1 Å². The summed E-state index contributed by atoms with van der Waals surface area (Å²) >= 11 is 0. The van der Waals surface area contributed by atoms with Crippen LogP contribution < -0.4 is 5.14 Å². The van der Waals surface area contributed by atoms with E-state index in [-0.39, 0.29) is 23.3 Å². The van der Waals surface area contributed by atoms with Crippen LogP contribution in [0.1, 0.15) is 24.4 Å². The SMILES string of the molecule is NS(=O)(=O)c1ccc(CC(=O)N2CCC[C@H](n3cccn3)C2)cc1. The summed E-state index contributed by atoms with van der Waals surface area (Å²) in [5.74, 6) is 0.0372. The molecule has 0 spiro atoms. The molecule has 0 radical (unpaired) electrons. The Morgan fingerprint density at radius 3 is 2.67 bits per heavy atom. The Morgan fingerprint density at radius 1 is 1.29 bits per heavy atom. The molecular weight excluding hydrogens is 328 g/mol. The lowest BCUT2D eigenvalue weighted by Gasteiger charge is -2.33. The van der Waals surface area contributed by atoms with E-state index in [1.54, 1.807) is 18.3 Å². The number of likely N-dealkylation sites (tertiary alicyclic amines) is 1. The van der Waals surface area contributed by atoms with Crippen LogP contribution >= 0.6 is 0 Å². The molecule has 24 heavy (non-hydrogen) atoms. The van der Waals surface area contributed by atoms with Gasteiger partial charge in [0, 0.05) is 25.5 Å². The highest BCUT2D eigenvalue weighted by atomic mass is 32.2. The second-order valence-electron chi connectivity index (χ2n) is 5.99. The van der Waals surface area contributed by atoms with Crippen LogP contribution in [-0.2, 0) is 21.2 Å². The fraction of sp³-hybridized carbons (Fsp3) is 0.375. The maximum Gasteiger partial charge on any atom is 0.238 e. The van der Waals surface area contributed by atoms with E-state index in [0.29, 0.717) is 6.54 Å². The van der Waals surface area contributed by atoms with Gasteiger partial charge in [0.05, 0.1) is 17.4 Å². The molecule has 0 bridgehead atoms. The van der Waals surface area contributed by atoms with Crippen molar-refractivity contribution < 1.29 is 13.2 Å². The Kier molecular flexibility index (Phi) is 4.68. The van der Waals surface area contributed by atoms with Crippen molar-refractivity contribution in [2.45, 2.75) is 30.2 Å². The van der Waals surface area contributed by atoms with E-state index in [1.807, 2.05) is 21.8 Å². The lowest BCUT2D eigenvalue weighted by atomic mass is 10.0. The highest BCUT2D eigenvalue weighted by molar-refractivity contribution is 7.89. The molecule has 2 heterocycles. The van der Waals surface area contributed by atoms with Gasteiger partial charge in [-0.25, -0.2) is 13.6 Å². The van der Waals surface area contributed by atoms with Crippen molar-refractivity contribution in [1.82, 2.24) is 14.7 Å². The second kappa shape index (κ2) is 6.74. The summed E-state index contributed by atoms with van der Waals surface area (Å²) in [5.41, 5.74) is 0.772. The summed E-state index contributed by atoms with van der Waals surface area (Å²) in [7, 11) is -3.71. The first-order valence-corrected chi connectivity index (χ1v) is 9.37. The quantitative estimate of drug-likeness (QED) is 0.889. The van der Waals surface area contributed by atoms with Crippen molar-refractivity contribution >= 4 is 15.9 Å². The molecule has 1 aromatic heterocycles. The fourth-order valence-electron chi connectivity index (χ4n) is 2.98. The summed E-state index contributed by atoms with van der Waals surface area (Å²) in [6.45, 7) is 1.39. The smallest absolute Gasteiger partial charge is 0.238 e. The maximum absolute atomic E-state index is 12.5. The molecule has 128 valence electrons. The van der Waals surface area contributed by atoms with Gasteiger partial charge in [0.2, 0.25) is 15.9 Å². The van der Waals surface area contributed by atoms with Crippen LogP contribution in [0.25, 0.3) is 0 Å². The third-order valence-electron chi connectivity index (χ3n) is 4.26. The fourth-order valence-corrected chi connectivity index (χ4v) is 3.49. The lowest BCUT2D eigenvalue weighted by Crippen LogP contribution is -2.41. The second-order valence-corrected chi connectivity index (χ2v) is 7.55. The van der Waals surface area contributed by atoms with Crippen LogP contribution in [0.3, 0.4) is 0 Å². The van der Waals surface area contributed by atoms with Crippen LogP contribution in [0, 0.1) is 0 Å². The molecule has 2 N–H and O–H groups in total. The summed E-state index contributed by atoms with van der Waals surface area (Å²) in [5, 5.41) is 9.34. The highest BCUT2D eigenvalue weighted by Gasteiger charge is 2.25. The zero-order valence-electron chi connectivity index (χ0n) is 13.2. The standard InChI is InChI=1S/C16H20N4O3S/c17-24(22,23)15-6-4-13(5-7-15)11-16(21)19-9-1-3-14(12-19)20-10-2-8-18-20/h2,4-8,10,14H,1,3,9,11-12H2,(H2,17,22,23)/t14-/m0/s1. The van der Waals surface area contributed by atoms with E-state index < -0.39 is 10.0 Å². The van der Waals surface area contributed by atoms with Crippen LogP contribution in [0.15, 0.2) is 47.6 Å². The molecule has 7 nitrogen and oxygen atoms in total. The summed E-state index contributed by atoms with van der Waals surface area (Å²) in [6.07, 6.45) is 5.87. The van der Waals surface area contributed by atoms with Crippen molar-refractivity contribution in [3.63, 3.8) is 0 Å². The van der Waals surface area contributed by atoms with E-state index in [2.05, 4.69) is 5.10 Å². The number of benzene rings is 1. The number of aromatic nitrogens is 2. The molecule has 8 heteroatoms. The topological polar surface area (TPSA) is 98.3 Å². The monoisotopic (exact) mass is 348 g/mol. The molecule has 1 aliphatic rings. The predicted molar refractivity (Wildman–Crippen MR) is 88.6 cm³/mol. The molecule has 0 aliphatic carbocycles. The molecule has 1 saturated heterocycles. The van der Waals surface area contributed by atoms with Crippen LogP contribution in [0.5, 0.6) is 0 Å². The third kappa shape index (κ3) is 3.82. The van der Waals surface area contributed by atoms with Crippen LogP contribution in [0.4, 0.5) is 0 Å². The Balaban J connectivity index is 1.64. The summed E-state index contributed by atoms with van der Waals surface area (Å²) in [4.78, 5) is 14.4. The lowest BCUT2D eigenvalue weighted by molar-refractivity contribution is -0.132. The molecular formula is C16H20N4O3S. The average molecular weight is 348 g/mol. The van der Waals surface area contributed by atoms with E-state index in [4.69, 9.17) is 5.14 Å². The number of amides is 1. The van der Waals surface area contributed by atoms with Crippen molar-refractivity contribution in [1.29, 1.82) is 0 Å². The van der Waals surface area contributed by atoms with E-state index in [0.717, 1.165) is 24.9 Å². The molecule has 1 aromatic carbocycles. The van der Waals surface area contributed by atoms with Crippen molar-refractivity contribution in [2.24, 2.45) is 5.14 Å². The first-order valence-electron chi connectivity index (χ1n) is 7.82. The number of nitrogens with zero attached hydrogens (tertiary/aromatic N) is 3. The first-order chi connectivity index (χ1) is 11.4. The van der Waals surface area contributed by atoms with Crippen LogP contribution in [0.2, 0.25) is 0 Å². The molecule has 3 rings (SSSR count). The van der Waals surface area contributed by atoms with Gasteiger partial charge in [-0.1, -0.05) is 12.1 Å². The number of hydrogen-bond donors (Lipinski definition) is 1. The van der Waals surface area contributed by atoms with Gasteiger partial charge in [-0.3, -0.25) is 9.48 Å². The predicted octanol–water partition coefficient (Wildman–Crippen LogP) is 0.937. The van der Waals surface area contributed by atoms with E-state index >= 15 is 0 Å².